The predicted octanol–water partition coefficient (Wildman–Crippen LogP) is 5.83. The van der Waals surface area contributed by atoms with Gasteiger partial charge in [-0.05, 0) is 42.4 Å². The molecule has 0 bridgehead atoms. The number of halogens is 1. The number of benzene rings is 1. The molecule has 3 rings (SSSR count). The van der Waals surface area contributed by atoms with E-state index in [1.807, 2.05) is 24.3 Å². The lowest BCUT2D eigenvalue weighted by Crippen LogP contribution is -2.29. The molecule has 0 spiro atoms. The average Bonchev–Trinajstić information content (AvgIpc) is 3.15. The minimum atomic E-state index is -0.244. The molecule has 1 saturated heterocycles. The average molecular weight is 376 g/mol. The highest BCUT2D eigenvalue weighted by atomic mass is 35.5. The maximum Gasteiger partial charge on any atom is 0.293 e. The maximum absolute atomic E-state index is 12.4. The first-order valence-corrected chi connectivity index (χ1v) is 9.39. The van der Waals surface area contributed by atoms with Crippen LogP contribution in [0.2, 0.25) is 5.02 Å². The highest BCUT2D eigenvalue weighted by Crippen LogP contribution is 2.33. The number of thioether (sulfide) groups is 1. The third kappa shape index (κ3) is 4.17. The molecule has 2 aromatic rings. The van der Waals surface area contributed by atoms with E-state index in [0.29, 0.717) is 28.0 Å². The quantitative estimate of drug-likeness (QED) is 0.471. The minimum Gasteiger partial charge on any atom is -0.457 e. The Hall–Kier alpha value is -1.98. The van der Waals surface area contributed by atoms with Crippen LogP contribution in [0.25, 0.3) is 17.4 Å². The minimum absolute atomic E-state index is 0.214. The van der Waals surface area contributed by atoms with E-state index in [1.54, 1.807) is 18.2 Å². The fraction of sp³-hybridized carbons (Fsp3) is 0.263. The van der Waals surface area contributed by atoms with E-state index in [-0.39, 0.29) is 11.1 Å². The smallest absolute Gasteiger partial charge is 0.293 e. The van der Waals surface area contributed by atoms with E-state index in [1.165, 1.54) is 4.90 Å². The van der Waals surface area contributed by atoms with Crippen LogP contribution >= 0.6 is 23.4 Å². The Kier molecular flexibility index (Phi) is 5.66. The van der Waals surface area contributed by atoms with Gasteiger partial charge >= 0.3 is 0 Å². The Labute approximate surface area is 155 Å². The van der Waals surface area contributed by atoms with Crippen LogP contribution in [0.4, 0.5) is 4.79 Å². The number of carbonyl (C=O) groups is 2. The molecule has 0 saturated carbocycles. The third-order valence-corrected chi connectivity index (χ3v) is 5.01. The predicted molar refractivity (Wildman–Crippen MR) is 101 cm³/mol. The van der Waals surface area contributed by atoms with Crippen molar-refractivity contribution in [1.82, 2.24) is 4.90 Å². The summed E-state index contributed by atoms with van der Waals surface area (Å²) in [5.41, 5.74) is 0.861. The van der Waals surface area contributed by atoms with Crippen molar-refractivity contribution >= 4 is 40.6 Å². The van der Waals surface area contributed by atoms with Crippen molar-refractivity contribution in [3.63, 3.8) is 0 Å². The summed E-state index contributed by atoms with van der Waals surface area (Å²) in [7, 11) is 0. The summed E-state index contributed by atoms with van der Waals surface area (Å²) in [5.74, 6) is 0.955. The highest BCUT2D eigenvalue weighted by Gasteiger charge is 2.34. The van der Waals surface area contributed by atoms with Crippen molar-refractivity contribution in [2.24, 2.45) is 0 Å². The van der Waals surface area contributed by atoms with E-state index in [0.717, 1.165) is 36.6 Å². The zero-order chi connectivity index (χ0) is 17.8. The van der Waals surface area contributed by atoms with Gasteiger partial charge in [0.2, 0.25) is 0 Å². The van der Waals surface area contributed by atoms with Crippen molar-refractivity contribution in [3.05, 3.63) is 52.1 Å². The molecule has 1 aromatic heterocycles. The molecule has 0 atom stereocenters. The SMILES string of the molecule is CCCCCN1C(=O)S/C(=C\c2ccc(-c3cccc(Cl)c3)o2)C1=O. The zero-order valence-electron chi connectivity index (χ0n) is 13.8. The fourth-order valence-corrected chi connectivity index (χ4v) is 3.60. The van der Waals surface area contributed by atoms with Crippen LogP contribution < -0.4 is 0 Å². The molecule has 6 heteroatoms. The normalized spacial score (nSPS) is 16.2. The number of unbranched alkanes of at least 4 members (excludes halogenated alkanes) is 2. The van der Waals surface area contributed by atoms with Crippen LogP contribution in [0.15, 0.2) is 45.7 Å². The van der Waals surface area contributed by atoms with Gasteiger partial charge in [0, 0.05) is 23.2 Å². The van der Waals surface area contributed by atoms with Crippen LogP contribution in [0.3, 0.4) is 0 Å². The van der Waals surface area contributed by atoms with Gasteiger partial charge in [0.25, 0.3) is 11.1 Å². The lowest BCUT2D eigenvalue weighted by atomic mass is 10.2. The van der Waals surface area contributed by atoms with Gasteiger partial charge < -0.3 is 4.42 Å². The number of nitrogens with zero attached hydrogens (tertiary/aromatic N) is 1. The van der Waals surface area contributed by atoms with Gasteiger partial charge in [-0.1, -0.05) is 43.5 Å². The molecule has 0 aliphatic carbocycles. The highest BCUT2D eigenvalue weighted by molar-refractivity contribution is 8.18. The van der Waals surface area contributed by atoms with E-state index >= 15 is 0 Å². The van der Waals surface area contributed by atoms with Crippen molar-refractivity contribution in [3.8, 4) is 11.3 Å². The first-order chi connectivity index (χ1) is 12.1. The van der Waals surface area contributed by atoms with Gasteiger partial charge in [-0.25, -0.2) is 0 Å². The molecular formula is C19H18ClNO3S. The second-order valence-corrected chi connectivity index (χ2v) is 7.18. The molecule has 0 N–H and O–H groups in total. The molecule has 0 unspecified atom stereocenters. The number of imide groups is 1. The molecule has 2 heterocycles. The van der Waals surface area contributed by atoms with Crippen LogP contribution in [0.1, 0.15) is 31.9 Å². The molecule has 2 amide bonds. The Morgan fingerprint density at radius 1 is 1.20 bits per heavy atom. The molecule has 1 fully saturated rings. The van der Waals surface area contributed by atoms with Gasteiger partial charge in [0.05, 0.1) is 4.91 Å². The second-order valence-electron chi connectivity index (χ2n) is 5.75. The number of furan rings is 1. The summed E-state index contributed by atoms with van der Waals surface area (Å²) in [5, 5.41) is 0.414. The van der Waals surface area contributed by atoms with Crippen molar-refractivity contribution in [2.75, 3.05) is 6.54 Å². The second kappa shape index (κ2) is 7.93. The Morgan fingerprint density at radius 3 is 2.80 bits per heavy atom. The van der Waals surface area contributed by atoms with E-state index in [9.17, 15) is 9.59 Å². The maximum atomic E-state index is 12.4. The van der Waals surface area contributed by atoms with E-state index in [4.69, 9.17) is 16.0 Å². The van der Waals surface area contributed by atoms with Gasteiger partial charge in [0.15, 0.2) is 0 Å². The summed E-state index contributed by atoms with van der Waals surface area (Å²) in [6.45, 7) is 2.56. The fourth-order valence-electron chi connectivity index (χ4n) is 2.57. The van der Waals surface area contributed by atoms with Crippen molar-refractivity contribution in [2.45, 2.75) is 26.2 Å². The Bertz CT molecular complexity index is 828. The van der Waals surface area contributed by atoms with Crippen LogP contribution in [-0.2, 0) is 4.79 Å². The summed E-state index contributed by atoms with van der Waals surface area (Å²) in [4.78, 5) is 26.1. The zero-order valence-corrected chi connectivity index (χ0v) is 15.4. The molecule has 1 aromatic carbocycles. The molecule has 130 valence electrons. The Balaban J connectivity index is 1.75. The molecule has 0 radical (unpaired) electrons. The van der Waals surface area contributed by atoms with Crippen molar-refractivity contribution in [1.29, 1.82) is 0 Å². The molecular weight excluding hydrogens is 358 g/mol. The topological polar surface area (TPSA) is 50.5 Å². The summed E-state index contributed by atoms with van der Waals surface area (Å²) < 4.78 is 5.77. The van der Waals surface area contributed by atoms with Gasteiger partial charge in [0.1, 0.15) is 11.5 Å². The van der Waals surface area contributed by atoms with E-state index in [2.05, 4.69) is 6.92 Å². The summed E-state index contributed by atoms with van der Waals surface area (Å²) in [6, 6.07) is 11.0. The van der Waals surface area contributed by atoms with E-state index < -0.39 is 0 Å². The molecule has 1 aliphatic rings. The lowest BCUT2D eigenvalue weighted by Gasteiger charge is -2.11. The van der Waals surface area contributed by atoms with Gasteiger partial charge in [-0.15, -0.1) is 0 Å². The van der Waals surface area contributed by atoms with Crippen LogP contribution in [0.5, 0.6) is 0 Å². The van der Waals surface area contributed by atoms with Crippen LogP contribution in [-0.4, -0.2) is 22.6 Å². The lowest BCUT2D eigenvalue weighted by molar-refractivity contribution is -0.122. The molecule has 4 nitrogen and oxygen atoms in total. The number of amides is 2. The number of hydrogen-bond acceptors (Lipinski definition) is 4. The summed E-state index contributed by atoms with van der Waals surface area (Å²) >= 11 is 6.96. The third-order valence-electron chi connectivity index (χ3n) is 3.87. The largest absolute Gasteiger partial charge is 0.457 e. The van der Waals surface area contributed by atoms with Crippen LogP contribution in [0, 0.1) is 0 Å². The standard InChI is InChI=1S/C19H18ClNO3S/c1-2-3-4-10-21-18(22)17(25-19(21)23)12-15-8-9-16(24-15)13-6-5-7-14(20)11-13/h5-9,11-12H,2-4,10H2,1H3/b17-12-. The van der Waals surface area contributed by atoms with Gasteiger partial charge in [-0.2, -0.15) is 0 Å². The molecule has 25 heavy (non-hydrogen) atoms. The monoisotopic (exact) mass is 375 g/mol. The first kappa shape index (κ1) is 17.8. The number of rotatable bonds is 6. The molecule has 1 aliphatic heterocycles. The number of carbonyl (C=O) groups excluding carboxylic acids is 2. The number of hydrogen-bond donors (Lipinski definition) is 0. The summed E-state index contributed by atoms with van der Waals surface area (Å²) in [6.07, 6.45) is 4.51. The van der Waals surface area contributed by atoms with Crippen molar-refractivity contribution < 1.29 is 14.0 Å². The van der Waals surface area contributed by atoms with Gasteiger partial charge in [-0.3, -0.25) is 14.5 Å². The Morgan fingerprint density at radius 2 is 2.04 bits per heavy atom. The first-order valence-electron chi connectivity index (χ1n) is 8.19.